The predicted octanol–water partition coefficient (Wildman–Crippen LogP) is 3.25. The molecule has 0 aromatic carbocycles. The molecule has 1 rings (SSSR count). The van der Waals surface area contributed by atoms with Crippen LogP contribution in [0.2, 0.25) is 0 Å². The van der Waals surface area contributed by atoms with E-state index < -0.39 is 0 Å². The quantitative estimate of drug-likeness (QED) is 0.573. The van der Waals surface area contributed by atoms with Crippen LogP contribution in [-0.2, 0) is 4.94 Å². The van der Waals surface area contributed by atoms with Crippen molar-refractivity contribution in [1.29, 1.82) is 0 Å². The topological polar surface area (TPSA) is 9.23 Å². The Labute approximate surface area is 67.8 Å². The number of halogens is 1. The lowest BCUT2D eigenvalue weighted by atomic mass is 9.84. The van der Waals surface area contributed by atoms with Gasteiger partial charge in [-0.25, -0.2) is 0 Å². The van der Waals surface area contributed by atoms with Gasteiger partial charge in [0.15, 0.2) is 0 Å². The van der Waals surface area contributed by atoms with Gasteiger partial charge in [-0.15, -0.1) is 0 Å². The first-order valence-electron chi connectivity index (χ1n) is 4.50. The van der Waals surface area contributed by atoms with E-state index in [1.807, 2.05) is 0 Å². The van der Waals surface area contributed by atoms with Gasteiger partial charge in [0.2, 0.25) is 0 Å². The summed E-state index contributed by atoms with van der Waals surface area (Å²) in [5, 5.41) is 0. The second-order valence-corrected chi connectivity index (χ2v) is 3.93. The minimum absolute atomic E-state index is 0.273. The van der Waals surface area contributed by atoms with Crippen LogP contribution in [0, 0.1) is 5.41 Å². The first-order valence-corrected chi connectivity index (χ1v) is 4.50. The summed E-state index contributed by atoms with van der Waals surface area (Å²) < 4.78 is 11.3. The zero-order chi connectivity index (χ0) is 8.16. The van der Waals surface area contributed by atoms with E-state index >= 15 is 0 Å². The highest BCUT2D eigenvalue weighted by molar-refractivity contribution is 4.79. The third kappa shape index (κ3) is 2.78. The van der Waals surface area contributed by atoms with E-state index in [1.54, 1.807) is 0 Å². The second-order valence-electron chi connectivity index (χ2n) is 3.93. The van der Waals surface area contributed by atoms with Gasteiger partial charge in [0.1, 0.15) is 0 Å². The molecule has 0 aromatic heterocycles. The van der Waals surface area contributed by atoms with E-state index in [4.69, 9.17) is 0 Å². The lowest BCUT2D eigenvalue weighted by Crippen LogP contribution is -2.11. The summed E-state index contributed by atoms with van der Waals surface area (Å²) in [6.07, 6.45) is 7.34. The summed E-state index contributed by atoms with van der Waals surface area (Å²) in [6, 6.07) is 0. The molecule has 1 fully saturated rings. The van der Waals surface area contributed by atoms with Crippen LogP contribution < -0.4 is 0 Å². The van der Waals surface area contributed by atoms with Crippen molar-refractivity contribution in [3.05, 3.63) is 0 Å². The van der Waals surface area contributed by atoms with Crippen molar-refractivity contribution in [1.82, 2.24) is 0 Å². The van der Waals surface area contributed by atoms with Crippen LogP contribution in [0.15, 0.2) is 0 Å². The van der Waals surface area contributed by atoms with Crippen molar-refractivity contribution in [2.24, 2.45) is 5.41 Å². The highest BCUT2D eigenvalue weighted by Gasteiger charge is 2.27. The van der Waals surface area contributed by atoms with E-state index in [0.29, 0.717) is 5.41 Å². The first kappa shape index (κ1) is 8.98. The maximum absolute atomic E-state index is 11.3. The smallest absolute Gasteiger partial charge is 0.0876 e. The standard InChI is InChI=1S/C9H17FO/c1-9(5-2-3-6-9)7-4-8-11-10/h2-8H2,1H3. The number of hydrogen-bond acceptors (Lipinski definition) is 1. The van der Waals surface area contributed by atoms with E-state index in [9.17, 15) is 4.53 Å². The van der Waals surface area contributed by atoms with Crippen molar-refractivity contribution in [2.45, 2.75) is 45.4 Å². The Morgan fingerprint density at radius 3 is 2.55 bits per heavy atom. The lowest BCUT2D eigenvalue weighted by Gasteiger charge is -2.22. The first-order chi connectivity index (χ1) is 5.27. The van der Waals surface area contributed by atoms with Crippen LogP contribution in [0.25, 0.3) is 0 Å². The molecule has 1 saturated carbocycles. The minimum Gasteiger partial charge on any atom is -0.194 e. The Morgan fingerprint density at radius 1 is 1.36 bits per heavy atom. The van der Waals surface area contributed by atoms with Gasteiger partial charge < -0.3 is 0 Å². The molecular formula is C9H17FO. The van der Waals surface area contributed by atoms with Gasteiger partial charge in [0.25, 0.3) is 0 Å². The van der Waals surface area contributed by atoms with E-state index in [0.717, 1.165) is 12.8 Å². The van der Waals surface area contributed by atoms with Gasteiger partial charge in [-0.1, -0.05) is 19.8 Å². The second kappa shape index (κ2) is 4.05. The molecule has 0 aromatic rings. The number of rotatable bonds is 4. The molecule has 0 bridgehead atoms. The summed E-state index contributed by atoms with van der Waals surface area (Å²) in [4.78, 5) is 3.55. The summed E-state index contributed by atoms with van der Waals surface area (Å²) in [6.45, 7) is 2.58. The molecule has 1 aliphatic carbocycles. The predicted molar refractivity (Wildman–Crippen MR) is 42.9 cm³/mol. The van der Waals surface area contributed by atoms with E-state index in [2.05, 4.69) is 11.9 Å². The van der Waals surface area contributed by atoms with E-state index in [-0.39, 0.29) is 6.61 Å². The molecule has 0 heterocycles. The fourth-order valence-electron chi connectivity index (χ4n) is 2.03. The van der Waals surface area contributed by atoms with E-state index in [1.165, 1.54) is 25.7 Å². The van der Waals surface area contributed by atoms with Gasteiger partial charge in [-0.3, -0.25) is 0 Å². The molecule has 0 unspecified atom stereocenters. The fourth-order valence-corrected chi connectivity index (χ4v) is 2.03. The van der Waals surface area contributed by atoms with Crippen LogP contribution in [0.3, 0.4) is 0 Å². The van der Waals surface area contributed by atoms with Gasteiger partial charge >= 0.3 is 0 Å². The Bertz CT molecular complexity index is 108. The molecule has 2 heteroatoms. The van der Waals surface area contributed by atoms with Crippen LogP contribution in [0.4, 0.5) is 4.53 Å². The SMILES string of the molecule is CC1(CCCOF)CCCC1. The Balaban J connectivity index is 2.13. The molecular weight excluding hydrogens is 143 g/mol. The molecule has 11 heavy (non-hydrogen) atoms. The van der Waals surface area contributed by atoms with Crippen LogP contribution in [0.1, 0.15) is 45.4 Å². The molecule has 0 amide bonds. The molecule has 66 valence electrons. The summed E-state index contributed by atoms with van der Waals surface area (Å²) in [5.74, 6) is 0. The maximum Gasteiger partial charge on any atom is 0.0876 e. The molecule has 0 saturated heterocycles. The Morgan fingerprint density at radius 2 is 2.00 bits per heavy atom. The Kier molecular flexibility index (Phi) is 3.31. The zero-order valence-electron chi connectivity index (χ0n) is 7.24. The molecule has 1 aliphatic rings. The fraction of sp³-hybridized carbons (Fsp3) is 1.00. The summed E-state index contributed by atoms with van der Waals surface area (Å²) >= 11 is 0. The summed E-state index contributed by atoms with van der Waals surface area (Å²) in [5.41, 5.74) is 0.499. The molecule has 0 N–H and O–H groups in total. The average molecular weight is 160 g/mol. The highest BCUT2D eigenvalue weighted by Crippen LogP contribution is 2.41. The van der Waals surface area contributed by atoms with Gasteiger partial charge in [0, 0.05) is 0 Å². The molecule has 0 spiro atoms. The Hall–Kier alpha value is -0.110. The lowest BCUT2D eigenvalue weighted by molar-refractivity contribution is -0.134. The van der Waals surface area contributed by atoms with Crippen molar-refractivity contribution < 1.29 is 9.47 Å². The van der Waals surface area contributed by atoms with Crippen molar-refractivity contribution in [3.63, 3.8) is 0 Å². The minimum atomic E-state index is 0.273. The van der Waals surface area contributed by atoms with Crippen LogP contribution >= 0.6 is 0 Å². The molecule has 1 nitrogen and oxygen atoms in total. The molecule has 0 aliphatic heterocycles. The van der Waals surface area contributed by atoms with Gasteiger partial charge in [-0.05, 0) is 35.6 Å². The molecule has 0 radical (unpaired) electrons. The zero-order valence-corrected chi connectivity index (χ0v) is 7.24. The number of hydrogen-bond donors (Lipinski definition) is 0. The van der Waals surface area contributed by atoms with Crippen LogP contribution in [-0.4, -0.2) is 6.61 Å². The summed E-state index contributed by atoms with van der Waals surface area (Å²) in [7, 11) is 0. The molecule has 0 atom stereocenters. The largest absolute Gasteiger partial charge is 0.194 e. The third-order valence-electron chi connectivity index (χ3n) is 2.81. The monoisotopic (exact) mass is 160 g/mol. The highest BCUT2D eigenvalue weighted by atomic mass is 19.3. The third-order valence-corrected chi connectivity index (χ3v) is 2.81. The van der Waals surface area contributed by atoms with Gasteiger partial charge in [-0.2, -0.15) is 4.94 Å². The van der Waals surface area contributed by atoms with Crippen molar-refractivity contribution in [2.75, 3.05) is 6.61 Å². The van der Waals surface area contributed by atoms with Crippen molar-refractivity contribution >= 4 is 0 Å². The average Bonchev–Trinajstić information content (AvgIpc) is 2.38. The van der Waals surface area contributed by atoms with Crippen LogP contribution in [0.5, 0.6) is 0 Å². The normalized spacial score (nSPS) is 22.4. The van der Waals surface area contributed by atoms with Crippen molar-refractivity contribution in [3.8, 4) is 0 Å². The maximum atomic E-state index is 11.3. The van der Waals surface area contributed by atoms with Gasteiger partial charge in [0.05, 0.1) is 6.61 Å².